The number of hydrogen-bond acceptors (Lipinski definition) is 8. The van der Waals surface area contributed by atoms with Gasteiger partial charge in [0.1, 0.15) is 29.0 Å². The van der Waals surface area contributed by atoms with Gasteiger partial charge < -0.3 is 29.0 Å². The van der Waals surface area contributed by atoms with Crippen LogP contribution in [-0.2, 0) is 19.0 Å². The first kappa shape index (κ1) is 24.0. The monoisotopic (exact) mass is 527 g/mol. The zero-order valence-electron chi connectivity index (χ0n) is 19.2. The molecule has 3 saturated heterocycles. The summed E-state index contributed by atoms with van der Waals surface area (Å²) < 4.78 is 23.9. The highest BCUT2D eigenvalue weighted by molar-refractivity contribution is 9.10. The molecule has 33 heavy (non-hydrogen) atoms. The molecule has 3 aliphatic heterocycles. The van der Waals surface area contributed by atoms with Crippen LogP contribution in [0.25, 0.3) is 0 Å². The molecule has 0 aromatic carbocycles. The predicted octanol–water partition coefficient (Wildman–Crippen LogP) is 2.68. The summed E-state index contributed by atoms with van der Waals surface area (Å²) in [4.78, 5) is 32.3. The van der Waals surface area contributed by atoms with E-state index in [2.05, 4.69) is 32.7 Å². The Balaban J connectivity index is 1.54. The van der Waals surface area contributed by atoms with Gasteiger partial charge in [0.2, 0.25) is 5.88 Å². The minimum absolute atomic E-state index is 0.0343. The summed E-state index contributed by atoms with van der Waals surface area (Å²) in [6.07, 6.45) is 0.575. The maximum absolute atomic E-state index is 12.6. The molecule has 1 aromatic rings. The number of ether oxygens (including phenoxy) is 4. The molecule has 0 aliphatic carbocycles. The van der Waals surface area contributed by atoms with E-state index in [1.54, 1.807) is 27.0 Å². The van der Waals surface area contributed by atoms with Crippen molar-refractivity contribution in [3.8, 4) is 5.88 Å². The first-order valence-electron chi connectivity index (χ1n) is 11.0. The summed E-state index contributed by atoms with van der Waals surface area (Å²) in [7, 11) is 0. The lowest BCUT2D eigenvalue weighted by atomic mass is 9.90. The van der Waals surface area contributed by atoms with Gasteiger partial charge in [-0.2, -0.15) is 0 Å². The molecule has 0 saturated carbocycles. The number of rotatable bonds is 4. The fraction of sp³-hybridized carbons (Fsp3) is 0.682. The number of likely N-dealkylation sites (tertiary alicyclic amines) is 1. The summed E-state index contributed by atoms with van der Waals surface area (Å²) in [5.41, 5.74) is -0.297. The van der Waals surface area contributed by atoms with Crippen molar-refractivity contribution in [2.45, 2.75) is 63.5 Å². The summed E-state index contributed by atoms with van der Waals surface area (Å²) in [5, 5.41) is 9.67. The Hall–Kier alpha value is -2.11. The second kappa shape index (κ2) is 8.92. The highest BCUT2D eigenvalue weighted by Gasteiger charge is 2.50. The number of amides is 1. The smallest absolute Gasteiger partial charge is 0.411 e. The lowest BCUT2D eigenvalue weighted by molar-refractivity contribution is -0.228. The van der Waals surface area contributed by atoms with Crippen LogP contribution in [0.3, 0.4) is 0 Å². The molecule has 3 atom stereocenters. The molecular formula is C22H30BrN3O7. The SMILES string of the molecule is C[C@H]1N(c2cc(Br)cnc2O[C@H]2C[C@@H](C(=O)O)N(C(=O)OC(C)(C)C)C2)CCOC12COC2. The Morgan fingerprint density at radius 2 is 2.06 bits per heavy atom. The highest BCUT2D eigenvalue weighted by atomic mass is 79.9. The molecule has 4 rings (SSSR count). The van der Waals surface area contributed by atoms with Crippen LogP contribution in [-0.4, -0.2) is 89.4 Å². The first-order valence-corrected chi connectivity index (χ1v) is 11.8. The number of pyridine rings is 1. The third-order valence-corrected chi connectivity index (χ3v) is 6.64. The number of aliphatic carboxylic acids is 1. The molecule has 3 fully saturated rings. The number of morpholine rings is 1. The average Bonchev–Trinajstić information content (AvgIpc) is 3.12. The van der Waals surface area contributed by atoms with Crippen molar-refractivity contribution in [3.05, 3.63) is 16.7 Å². The van der Waals surface area contributed by atoms with Gasteiger partial charge in [0.15, 0.2) is 0 Å². The molecule has 3 aliphatic rings. The van der Waals surface area contributed by atoms with E-state index >= 15 is 0 Å². The van der Waals surface area contributed by atoms with Crippen LogP contribution in [0, 0.1) is 0 Å². The molecule has 1 aromatic heterocycles. The van der Waals surface area contributed by atoms with Crippen LogP contribution < -0.4 is 9.64 Å². The maximum atomic E-state index is 12.6. The van der Waals surface area contributed by atoms with E-state index in [4.69, 9.17) is 18.9 Å². The molecule has 1 N–H and O–H groups in total. The lowest BCUT2D eigenvalue weighted by Gasteiger charge is -2.53. The number of halogens is 1. The van der Waals surface area contributed by atoms with Crippen LogP contribution in [0.4, 0.5) is 10.5 Å². The quantitative estimate of drug-likeness (QED) is 0.631. The van der Waals surface area contributed by atoms with E-state index in [9.17, 15) is 14.7 Å². The number of aromatic nitrogens is 1. The fourth-order valence-corrected chi connectivity index (χ4v) is 4.73. The Morgan fingerprint density at radius 3 is 2.67 bits per heavy atom. The van der Waals surface area contributed by atoms with Crippen molar-refractivity contribution in [1.29, 1.82) is 0 Å². The molecular weight excluding hydrogens is 498 g/mol. The Bertz CT molecular complexity index is 918. The normalized spacial score (nSPS) is 26.8. The van der Waals surface area contributed by atoms with Crippen LogP contribution in [0.2, 0.25) is 0 Å². The number of carboxylic acid groups (broad SMARTS) is 1. The second-order valence-electron chi connectivity index (χ2n) is 9.72. The zero-order valence-corrected chi connectivity index (χ0v) is 20.8. The minimum Gasteiger partial charge on any atom is -0.480 e. The Labute approximate surface area is 201 Å². The van der Waals surface area contributed by atoms with Gasteiger partial charge in [-0.3, -0.25) is 4.90 Å². The van der Waals surface area contributed by atoms with E-state index in [1.807, 2.05) is 6.07 Å². The molecule has 0 bridgehead atoms. The number of hydrogen-bond donors (Lipinski definition) is 1. The molecule has 182 valence electrons. The van der Waals surface area contributed by atoms with Gasteiger partial charge in [-0.25, -0.2) is 14.6 Å². The number of carboxylic acids is 1. The number of nitrogens with zero attached hydrogens (tertiary/aromatic N) is 3. The van der Waals surface area contributed by atoms with E-state index in [-0.39, 0.29) is 24.6 Å². The van der Waals surface area contributed by atoms with Crippen molar-refractivity contribution < 1.29 is 33.6 Å². The van der Waals surface area contributed by atoms with Crippen molar-refractivity contribution in [3.63, 3.8) is 0 Å². The van der Waals surface area contributed by atoms with Crippen LogP contribution in [0.1, 0.15) is 34.1 Å². The third kappa shape index (κ3) is 4.90. The van der Waals surface area contributed by atoms with Gasteiger partial charge in [-0.15, -0.1) is 0 Å². The summed E-state index contributed by atoms with van der Waals surface area (Å²) in [6, 6.07) is 0.945. The zero-order chi connectivity index (χ0) is 24.0. The van der Waals surface area contributed by atoms with Crippen molar-refractivity contribution in [1.82, 2.24) is 9.88 Å². The fourth-order valence-electron chi connectivity index (χ4n) is 4.41. The summed E-state index contributed by atoms with van der Waals surface area (Å²) >= 11 is 3.49. The van der Waals surface area contributed by atoms with E-state index in [1.165, 1.54) is 4.90 Å². The molecule has 1 spiro atoms. The largest absolute Gasteiger partial charge is 0.480 e. The predicted molar refractivity (Wildman–Crippen MR) is 122 cm³/mol. The van der Waals surface area contributed by atoms with Crippen molar-refractivity contribution in [2.24, 2.45) is 0 Å². The lowest BCUT2D eigenvalue weighted by Crippen LogP contribution is -2.68. The molecule has 11 heteroatoms. The second-order valence-corrected chi connectivity index (χ2v) is 10.6. The van der Waals surface area contributed by atoms with Gasteiger partial charge in [0.25, 0.3) is 0 Å². The van der Waals surface area contributed by atoms with Gasteiger partial charge in [-0.1, -0.05) is 0 Å². The van der Waals surface area contributed by atoms with Crippen LogP contribution in [0.15, 0.2) is 16.7 Å². The first-order chi connectivity index (χ1) is 15.5. The minimum atomic E-state index is -1.09. The van der Waals surface area contributed by atoms with Gasteiger partial charge in [0, 0.05) is 23.6 Å². The standard InChI is InChI=1S/C22H30BrN3O7/c1-13-22(11-30-12-22)31-6-5-25(13)16-7-14(23)9-24-18(16)32-15-8-17(19(27)28)26(10-15)20(29)33-21(2,3)4/h7,9,13,15,17H,5-6,8,10-12H2,1-4H3,(H,27,28)/t13-,15+,17+/m1/s1. The van der Waals surface area contributed by atoms with Gasteiger partial charge >= 0.3 is 12.1 Å². The topological polar surface area (TPSA) is 111 Å². The molecule has 0 radical (unpaired) electrons. The average molecular weight is 528 g/mol. The number of carbonyl (C=O) groups excluding carboxylic acids is 1. The molecule has 4 heterocycles. The van der Waals surface area contributed by atoms with E-state index in [0.717, 1.165) is 10.2 Å². The Kier molecular flexibility index (Phi) is 6.49. The maximum Gasteiger partial charge on any atom is 0.411 e. The van der Waals surface area contributed by atoms with Crippen molar-refractivity contribution >= 4 is 33.7 Å². The van der Waals surface area contributed by atoms with Crippen molar-refractivity contribution in [2.75, 3.05) is 37.8 Å². The van der Waals surface area contributed by atoms with Crippen LogP contribution in [0.5, 0.6) is 5.88 Å². The summed E-state index contributed by atoms with van der Waals surface area (Å²) in [5.74, 6) is -0.702. The Morgan fingerprint density at radius 1 is 1.33 bits per heavy atom. The number of anilines is 1. The summed E-state index contributed by atoms with van der Waals surface area (Å²) in [6.45, 7) is 9.70. The van der Waals surface area contributed by atoms with Gasteiger partial charge in [0.05, 0.1) is 32.4 Å². The molecule has 10 nitrogen and oxygen atoms in total. The van der Waals surface area contributed by atoms with E-state index in [0.29, 0.717) is 32.2 Å². The third-order valence-electron chi connectivity index (χ3n) is 6.21. The molecule has 0 unspecified atom stereocenters. The van der Waals surface area contributed by atoms with Crippen LogP contribution >= 0.6 is 15.9 Å². The van der Waals surface area contributed by atoms with Gasteiger partial charge in [-0.05, 0) is 49.7 Å². The molecule has 1 amide bonds. The van der Waals surface area contributed by atoms with E-state index < -0.39 is 29.8 Å². The number of carbonyl (C=O) groups is 2. The highest BCUT2D eigenvalue weighted by Crippen LogP contribution is 2.39.